The van der Waals surface area contributed by atoms with Gasteiger partial charge in [-0.2, -0.15) is 0 Å². The number of nitrogens with zero attached hydrogens (tertiary/aromatic N) is 1. The van der Waals surface area contributed by atoms with Crippen molar-refractivity contribution in [3.8, 4) is 0 Å². The molecular weight excluding hydrogens is 214 g/mol. The highest BCUT2D eigenvalue weighted by molar-refractivity contribution is 5.75. The standard InChI is InChI=1S/C14H19NO2/c1-11-7-12(10-15-9-11)8-14(13(16)17)5-3-2-4-6-14/h7,9-10H,2-6,8H2,1H3,(H,16,17). The Morgan fingerprint density at radius 2 is 2.06 bits per heavy atom. The van der Waals surface area contributed by atoms with Crippen LogP contribution in [0.25, 0.3) is 0 Å². The molecule has 1 heterocycles. The largest absolute Gasteiger partial charge is 0.481 e. The first kappa shape index (κ1) is 12.1. The molecule has 1 aliphatic rings. The van der Waals surface area contributed by atoms with E-state index in [1.165, 1.54) is 6.42 Å². The third kappa shape index (κ3) is 2.65. The predicted octanol–water partition coefficient (Wildman–Crippen LogP) is 2.97. The lowest BCUT2D eigenvalue weighted by molar-refractivity contribution is -0.151. The summed E-state index contributed by atoms with van der Waals surface area (Å²) in [7, 11) is 0. The fraction of sp³-hybridized carbons (Fsp3) is 0.571. The molecular formula is C14H19NO2. The van der Waals surface area contributed by atoms with Crippen molar-refractivity contribution in [3.63, 3.8) is 0 Å². The average Bonchev–Trinajstić information content (AvgIpc) is 2.30. The van der Waals surface area contributed by atoms with Crippen LogP contribution >= 0.6 is 0 Å². The van der Waals surface area contributed by atoms with Gasteiger partial charge in [-0.3, -0.25) is 9.78 Å². The van der Waals surface area contributed by atoms with E-state index in [4.69, 9.17) is 0 Å². The van der Waals surface area contributed by atoms with Crippen LogP contribution in [0.1, 0.15) is 43.2 Å². The Labute approximate surface area is 102 Å². The van der Waals surface area contributed by atoms with Crippen molar-refractivity contribution in [1.29, 1.82) is 0 Å². The molecule has 0 bridgehead atoms. The number of hydrogen-bond acceptors (Lipinski definition) is 2. The van der Waals surface area contributed by atoms with E-state index in [9.17, 15) is 9.90 Å². The highest BCUT2D eigenvalue weighted by atomic mass is 16.4. The molecule has 0 aliphatic heterocycles. The summed E-state index contributed by atoms with van der Waals surface area (Å²) in [4.78, 5) is 15.7. The summed E-state index contributed by atoms with van der Waals surface area (Å²) in [6, 6.07) is 2.05. The number of rotatable bonds is 3. The molecule has 3 heteroatoms. The van der Waals surface area contributed by atoms with Crippen LogP contribution in [0.4, 0.5) is 0 Å². The molecule has 0 spiro atoms. The van der Waals surface area contributed by atoms with E-state index < -0.39 is 11.4 Å². The molecule has 0 atom stereocenters. The quantitative estimate of drug-likeness (QED) is 0.873. The maximum Gasteiger partial charge on any atom is 0.309 e. The maximum atomic E-state index is 11.5. The van der Waals surface area contributed by atoms with E-state index in [1.807, 2.05) is 13.0 Å². The van der Waals surface area contributed by atoms with Crippen LogP contribution in [0.5, 0.6) is 0 Å². The lowest BCUT2D eigenvalue weighted by Crippen LogP contribution is -2.35. The summed E-state index contributed by atoms with van der Waals surface area (Å²) in [5.41, 5.74) is 1.60. The van der Waals surface area contributed by atoms with Gasteiger partial charge in [-0.1, -0.05) is 25.3 Å². The molecule has 2 rings (SSSR count). The molecule has 0 unspecified atom stereocenters. The fourth-order valence-corrected chi connectivity index (χ4v) is 2.80. The molecule has 0 aromatic carbocycles. The Hall–Kier alpha value is -1.38. The molecule has 92 valence electrons. The molecule has 1 aromatic heterocycles. The molecule has 17 heavy (non-hydrogen) atoms. The zero-order valence-electron chi connectivity index (χ0n) is 10.3. The van der Waals surface area contributed by atoms with Crippen molar-refractivity contribution in [1.82, 2.24) is 4.98 Å². The van der Waals surface area contributed by atoms with E-state index in [0.29, 0.717) is 6.42 Å². The van der Waals surface area contributed by atoms with Crippen LogP contribution in [-0.4, -0.2) is 16.1 Å². The van der Waals surface area contributed by atoms with Gasteiger partial charge in [-0.25, -0.2) is 0 Å². The van der Waals surface area contributed by atoms with Gasteiger partial charge in [0.05, 0.1) is 5.41 Å². The Kier molecular flexibility index (Phi) is 3.46. The van der Waals surface area contributed by atoms with E-state index >= 15 is 0 Å². The molecule has 1 saturated carbocycles. The Morgan fingerprint density at radius 3 is 2.65 bits per heavy atom. The second-order valence-corrected chi connectivity index (χ2v) is 5.19. The molecule has 3 nitrogen and oxygen atoms in total. The predicted molar refractivity (Wildman–Crippen MR) is 65.8 cm³/mol. The van der Waals surface area contributed by atoms with Crippen molar-refractivity contribution in [2.75, 3.05) is 0 Å². The molecule has 0 amide bonds. The molecule has 1 fully saturated rings. The zero-order valence-corrected chi connectivity index (χ0v) is 10.3. The third-order valence-electron chi connectivity index (χ3n) is 3.74. The minimum Gasteiger partial charge on any atom is -0.481 e. The maximum absolute atomic E-state index is 11.5. The highest BCUT2D eigenvalue weighted by Crippen LogP contribution is 2.39. The van der Waals surface area contributed by atoms with Crippen LogP contribution in [0.2, 0.25) is 0 Å². The van der Waals surface area contributed by atoms with Crippen molar-refractivity contribution < 1.29 is 9.90 Å². The number of carboxylic acids is 1. The summed E-state index contributed by atoms with van der Waals surface area (Å²) in [5, 5.41) is 9.50. The van der Waals surface area contributed by atoms with E-state index in [-0.39, 0.29) is 0 Å². The average molecular weight is 233 g/mol. The molecule has 0 radical (unpaired) electrons. The van der Waals surface area contributed by atoms with Crippen molar-refractivity contribution >= 4 is 5.97 Å². The van der Waals surface area contributed by atoms with Crippen LogP contribution in [0, 0.1) is 12.3 Å². The number of aryl methyl sites for hydroxylation is 1. The van der Waals surface area contributed by atoms with E-state index in [1.54, 1.807) is 12.4 Å². The summed E-state index contributed by atoms with van der Waals surface area (Å²) in [5.74, 6) is -0.640. The Bertz CT molecular complexity index is 408. The van der Waals surface area contributed by atoms with Crippen molar-refractivity contribution in [3.05, 3.63) is 29.6 Å². The topological polar surface area (TPSA) is 50.2 Å². The first-order valence-corrected chi connectivity index (χ1v) is 6.26. The second-order valence-electron chi connectivity index (χ2n) is 5.19. The second kappa shape index (κ2) is 4.86. The fourth-order valence-electron chi connectivity index (χ4n) is 2.80. The third-order valence-corrected chi connectivity index (χ3v) is 3.74. The summed E-state index contributed by atoms with van der Waals surface area (Å²) >= 11 is 0. The van der Waals surface area contributed by atoms with Crippen LogP contribution in [-0.2, 0) is 11.2 Å². The first-order chi connectivity index (χ1) is 8.12. The van der Waals surface area contributed by atoms with Gasteiger partial charge in [0.2, 0.25) is 0 Å². The smallest absolute Gasteiger partial charge is 0.309 e. The van der Waals surface area contributed by atoms with Crippen LogP contribution in [0.3, 0.4) is 0 Å². The zero-order chi connectivity index (χ0) is 12.3. The van der Waals surface area contributed by atoms with Gasteiger partial charge in [-0.05, 0) is 37.3 Å². The summed E-state index contributed by atoms with van der Waals surface area (Å²) in [6.45, 7) is 1.99. The van der Waals surface area contributed by atoms with E-state index in [2.05, 4.69) is 4.98 Å². The van der Waals surface area contributed by atoms with Gasteiger partial charge in [0.1, 0.15) is 0 Å². The summed E-state index contributed by atoms with van der Waals surface area (Å²) < 4.78 is 0. The van der Waals surface area contributed by atoms with Crippen molar-refractivity contribution in [2.45, 2.75) is 45.4 Å². The Morgan fingerprint density at radius 1 is 1.35 bits per heavy atom. The number of pyridine rings is 1. The van der Waals surface area contributed by atoms with Gasteiger partial charge >= 0.3 is 5.97 Å². The van der Waals surface area contributed by atoms with Gasteiger partial charge in [0, 0.05) is 12.4 Å². The molecule has 0 saturated heterocycles. The van der Waals surface area contributed by atoms with Gasteiger partial charge in [-0.15, -0.1) is 0 Å². The number of aliphatic carboxylic acids is 1. The van der Waals surface area contributed by atoms with Crippen LogP contribution < -0.4 is 0 Å². The number of carboxylic acid groups (broad SMARTS) is 1. The normalized spacial score (nSPS) is 18.9. The molecule has 1 aromatic rings. The minimum absolute atomic E-state index is 0.548. The monoisotopic (exact) mass is 233 g/mol. The van der Waals surface area contributed by atoms with E-state index in [0.717, 1.165) is 36.8 Å². The number of aromatic nitrogens is 1. The molecule has 1 aliphatic carbocycles. The molecule has 1 N–H and O–H groups in total. The highest BCUT2D eigenvalue weighted by Gasteiger charge is 2.39. The van der Waals surface area contributed by atoms with Gasteiger partial charge < -0.3 is 5.11 Å². The van der Waals surface area contributed by atoms with Crippen LogP contribution in [0.15, 0.2) is 18.5 Å². The minimum atomic E-state index is -0.640. The SMILES string of the molecule is Cc1cncc(CC2(C(=O)O)CCCCC2)c1. The first-order valence-electron chi connectivity index (χ1n) is 6.26. The lowest BCUT2D eigenvalue weighted by atomic mass is 9.70. The number of carbonyl (C=O) groups is 1. The van der Waals surface area contributed by atoms with Crippen molar-refractivity contribution in [2.24, 2.45) is 5.41 Å². The van der Waals surface area contributed by atoms with Gasteiger partial charge in [0.25, 0.3) is 0 Å². The number of hydrogen-bond donors (Lipinski definition) is 1. The lowest BCUT2D eigenvalue weighted by Gasteiger charge is -2.33. The van der Waals surface area contributed by atoms with Gasteiger partial charge in [0.15, 0.2) is 0 Å². The Balaban J connectivity index is 2.20. The summed E-state index contributed by atoms with van der Waals surface area (Å²) in [6.07, 6.45) is 9.06.